The zero-order valence-electron chi connectivity index (χ0n) is 12.7. The molecule has 0 aromatic heterocycles. The summed E-state index contributed by atoms with van der Waals surface area (Å²) in [6.45, 7) is 6.66. The number of nitrogens with one attached hydrogen (secondary N) is 1. The summed E-state index contributed by atoms with van der Waals surface area (Å²) in [4.78, 5) is 25.4. The van der Waals surface area contributed by atoms with Gasteiger partial charge in [-0.15, -0.1) is 11.8 Å². The quantitative estimate of drug-likeness (QED) is 0.826. The molecule has 0 spiro atoms. The van der Waals surface area contributed by atoms with E-state index in [0.29, 0.717) is 5.75 Å². The van der Waals surface area contributed by atoms with E-state index in [-0.39, 0.29) is 29.5 Å². The number of carbonyl (C=O) groups excluding carboxylic acids is 1. The smallest absolute Gasteiger partial charge is 0.327 e. The second-order valence-electron chi connectivity index (χ2n) is 6.02. The maximum absolute atomic E-state index is 12.5. The van der Waals surface area contributed by atoms with Gasteiger partial charge in [0.1, 0.15) is 6.04 Å². The molecule has 0 bridgehead atoms. The fourth-order valence-corrected chi connectivity index (χ4v) is 4.32. The Labute approximate surface area is 129 Å². The van der Waals surface area contributed by atoms with Gasteiger partial charge in [-0.2, -0.15) is 0 Å². The van der Waals surface area contributed by atoms with Crippen LogP contribution in [0.25, 0.3) is 0 Å². The first-order valence-electron chi connectivity index (χ1n) is 7.46. The minimum Gasteiger partial charge on any atom is -0.480 e. The zero-order valence-corrected chi connectivity index (χ0v) is 13.6. The highest BCUT2D eigenvalue weighted by Gasteiger charge is 2.43. The summed E-state index contributed by atoms with van der Waals surface area (Å²) >= 11 is 1.54. The van der Waals surface area contributed by atoms with Crippen LogP contribution in [0.5, 0.6) is 0 Å². The monoisotopic (exact) mass is 316 g/mol. The van der Waals surface area contributed by atoms with Crippen LogP contribution in [0.1, 0.15) is 33.6 Å². The molecule has 0 radical (unpaired) electrons. The van der Waals surface area contributed by atoms with Crippen molar-refractivity contribution in [1.29, 1.82) is 0 Å². The van der Waals surface area contributed by atoms with Crippen molar-refractivity contribution >= 4 is 23.8 Å². The van der Waals surface area contributed by atoms with E-state index < -0.39 is 12.0 Å². The molecule has 0 aromatic rings. The largest absolute Gasteiger partial charge is 0.480 e. The minimum absolute atomic E-state index is 0.0324. The van der Waals surface area contributed by atoms with Crippen molar-refractivity contribution in [2.24, 2.45) is 5.92 Å². The van der Waals surface area contributed by atoms with Crippen LogP contribution in [0.2, 0.25) is 0 Å². The molecular formula is C14H24N2O4S. The molecule has 6 nitrogen and oxygen atoms in total. The Morgan fingerprint density at radius 1 is 1.38 bits per heavy atom. The average Bonchev–Trinajstić information content (AvgIpc) is 3.07. The molecule has 2 rings (SSSR count). The lowest BCUT2D eigenvalue weighted by molar-refractivity contribution is -0.141. The second kappa shape index (κ2) is 6.87. The molecule has 2 aliphatic heterocycles. The molecule has 21 heavy (non-hydrogen) atoms. The lowest BCUT2D eigenvalue weighted by Gasteiger charge is -2.32. The van der Waals surface area contributed by atoms with Gasteiger partial charge in [-0.25, -0.2) is 9.59 Å². The number of nitrogens with zero attached hydrogens (tertiary/aromatic N) is 1. The molecule has 120 valence electrons. The number of aliphatic carboxylic acids is 1. The summed E-state index contributed by atoms with van der Waals surface area (Å²) in [5.74, 6) is -0.284. The first-order chi connectivity index (χ1) is 9.91. The Morgan fingerprint density at radius 3 is 2.62 bits per heavy atom. The van der Waals surface area contributed by atoms with Crippen LogP contribution in [-0.4, -0.2) is 57.9 Å². The Morgan fingerprint density at radius 2 is 2.10 bits per heavy atom. The maximum Gasteiger partial charge on any atom is 0.327 e. The molecular weight excluding hydrogens is 292 g/mol. The Hall–Kier alpha value is -0.950. The number of thioether (sulfide) groups is 1. The van der Waals surface area contributed by atoms with Gasteiger partial charge < -0.3 is 15.2 Å². The summed E-state index contributed by atoms with van der Waals surface area (Å²) < 4.78 is 5.57. The number of urea groups is 1. The van der Waals surface area contributed by atoms with Crippen molar-refractivity contribution in [3.63, 3.8) is 0 Å². The highest BCUT2D eigenvalue weighted by molar-refractivity contribution is 8.00. The molecule has 4 unspecified atom stereocenters. The SMILES string of the molecule is CC(C)C1SCC(C(=O)O)N1C(=O)NC(C)C1CCCO1. The summed E-state index contributed by atoms with van der Waals surface area (Å²) in [6.07, 6.45) is 1.98. The average molecular weight is 316 g/mol. The standard InChI is InChI=1S/C14H24N2O4S/c1-8(2)12-16(10(7-21-12)13(17)18)14(19)15-9(3)11-5-4-6-20-11/h8-12H,4-7H2,1-3H3,(H,15,19)(H,17,18). The number of carboxylic acids is 1. The summed E-state index contributed by atoms with van der Waals surface area (Å²) in [5.41, 5.74) is 0. The highest BCUT2D eigenvalue weighted by atomic mass is 32.2. The lowest BCUT2D eigenvalue weighted by atomic mass is 10.1. The number of rotatable bonds is 4. The lowest BCUT2D eigenvalue weighted by Crippen LogP contribution is -2.54. The molecule has 2 heterocycles. The van der Waals surface area contributed by atoms with E-state index in [1.165, 1.54) is 16.7 Å². The predicted octanol–water partition coefficient (Wildman–Crippen LogP) is 1.75. The minimum atomic E-state index is -0.939. The van der Waals surface area contributed by atoms with E-state index >= 15 is 0 Å². The number of hydrogen-bond acceptors (Lipinski definition) is 4. The van der Waals surface area contributed by atoms with Gasteiger partial charge in [0.25, 0.3) is 0 Å². The number of ether oxygens (including phenoxy) is 1. The second-order valence-corrected chi connectivity index (χ2v) is 7.17. The van der Waals surface area contributed by atoms with Crippen LogP contribution < -0.4 is 5.32 Å². The van der Waals surface area contributed by atoms with Crippen molar-refractivity contribution in [2.45, 2.75) is 57.2 Å². The molecule has 2 amide bonds. The summed E-state index contributed by atoms with van der Waals surface area (Å²) in [6, 6.07) is -1.15. The zero-order chi connectivity index (χ0) is 15.6. The van der Waals surface area contributed by atoms with Gasteiger partial charge in [-0.05, 0) is 25.7 Å². The Bertz CT molecular complexity index is 398. The predicted molar refractivity (Wildman–Crippen MR) is 81.3 cm³/mol. The van der Waals surface area contributed by atoms with E-state index in [2.05, 4.69) is 5.32 Å². The molecule has 2 fully saturated rings. The van der Waals surface area contributed by atoms with Gasteiger partial charge >= 0.3 is 12.0 Å². The normalized spacial score (nSPS) is 30.7. The van der Waals surface area contributed by atoms with Crippen LogP contribution in [0, 0.1) is 5.92 Å². The summed E-state index contributed by atoms with van der Waals surface area (Å²) in [7, 11) is 0. The molecule has 4 atom stereocenters. The van der Waals surface area contributed by atoms with Gasteiger partial charge in [-0.1, -0.05) is 13.8 Å². The first-order valence-corrected chi connectivity index (χ1v) is 8.51. The fourth-order valence-electron chi connectivity index (χ4n) is 2.85. The molecule has 2 saturated heterocycles. The van der Waals surface area contributed by atoms with Gasteiger partial charge in [-0.3, -0.25) is 4.90 Å². The van der Waals surface area contributed by atoms with Crippen molar-refractivity contribution < 1.29 is 19.4 Å². The van der Waals surface area contributed by atoms with Crippen molar-refractivity contribution in [3.8, 4) is 0 Å². The van der Waals surface area contributed by atoms with E-state index in [1.807, 2.05) is 20.8 Å². The fraction of sp³-hybridized carbons (Fsp3) is 0.857. The molecule has 7 heteroatoms. The van der Waals surface area contributed by atoms with Crippen LogP contribution in [0.3, 0.4) is 0 Å². The number of amides is 2. The van der Waals surface area contributed by atoms with Crippen molar-refractivity contribution in [2.75, 3.05) is 12.4 Å². The molecule has 2 aliphatic rings. The highest BCUT2D eigenvalue weighted by Crippen LogP contribution is 2.34. The molecule has 0 aromatic carbocycles. The molecule has 2 N–H and O–H groups in total. The van der Waals surface area contributed by atoms with Crippen LogP contribution in [-0.2, 0) is 9.53 Å². The van der Waals surface area contributed by atoms with Gasteiger partial charge in [0, 0.05) is 12.4 Å². The van der Waals surface area contributed by atoms with Crippen LogP contribution in [0.4, 0.5) is 4.79 Å². The third kappa shape index (κ3) is 3.63. The maximum atomic E-state index is 12.5. The van der Waals surface area contributed by atoms with Crippen molar-refractivity contribution in [1.82, 2.24) is 10.2 Å². The first kappa shape index (κ1) is 16.4. The topological polar surface area (TPSA) is 78.9 Å². The van der Waals surface area contributed by atoms with Gasteiger partial charge in [0.2, 0.25) is 0 Å². The third-order valence-corrected chi connectivity index (χ3v) is 5.62. The molecule has 0 aliphatic carbocycles. The third-order valence-electron chi connectivity index (χ3n) is 4.00. The number of carboxylic acid groups (broad SMARTS) is 1. The number of carbonyl (C=O) groups is 2. The summed E-state index contributed by atoms with van der Waals surface area (Å²) in [5, 5.41) is 12.1. The van der Waals surface area contributed by atoms with E-state index in [1.54, 1.807) is 0 Å². The molecule has 0 saturated carbocycles. The van der Waals surface area contributed by atoms with E-state index in [0.717, 1.165) is 19.4 Å². The van der Waals surface area contributed by atoms with E-state index in [4.69, 9.17) is 4.74 Å². The van der Waals surface area contributed by atoms with Crippen molar-refractivity contribution in [3.05, 3.63) is 0 Å². The van der Waals surface area contributed by atoms with Crippen LogP contribution in [0.15, 0.2) is 0 Å². The van der Waals surface area contributed by atoms with Gasteiger partial charge in [0.15, 0.2) is 0 Å². The number of hydrogen-bond donors (Lipinski definition) is 2. The Kier molecular flexibility index (Phi) is 5.37. The van der Waals surface area contributed by atoms with E-state index in [9.17, 15) is 14.7 Å². The van der Waals surface area contributed by atoms with Gasteiger partial charge in [0.05, 0.1) is 17.5 Å². The van der Waals surface area contributed by atoms with Crippen LogP contribution >= 0.6 is 11.8 Å². The Balaban J connectivity index is 2.04.